The monoisotopic (exact) mass is 370 g/mol. The van der Waals surface area contributed by atoms with Crippen molar-refractivity contribution in [3.8, 4) is 0 Å². The number of nitrogens with zero attached hydrogens (tertiary/aromatic N) is 4. The molecular weight excluding hydrogens is 349 g/mol. The summed E-state index contributed by atoms with van der Waals surface area (Å²) in [6.45, 7) is 4.00. The molecule has 2 amide bonds. The van der Waals surface area contributed by atoms with Crippen LogP contribution in [0.25, 0.3) is 0 Å². The normalized spacial score (nSPS) is 19.0. The van der Waals surface area contributed by atoms with Crippen molar-refractivity contribution >= 4 is 11.8 Å². The van der Waals surface area contributed by atoms with E-state index in [1.165, 1.54) is 0 Å². The maximum absolute atomic E-state index is 12.5. The number of halogens is 3. The van der Waals surface area contributed by atoms with Crippen LogP contribution in [-0.4, -0.2) is 77.3 Å². The molecule has 0 saturated carbocycles. The molecule has 2 aliphatic rings. The van der Waals surface area contributed by atoms with Gasteiger partial charge in [-0.1, -0.05) is 0 Å². The van der Waals surface area contributed by atoms with Crippen LogP contribution in [-0.2, 0) is 11.0 Å². The Kier molecular flexibility index (Phi) is 5.45. The third kappa shape index (κ3) is 4.32. The molecule has 2 aliphatic heterocycles. The van der Waals surface area contributed by atoms with Gasteiger partial charge in [0.25, 0.3) is 5.91 Å². The van der Waals surface area contributed by atoms with Crippen LogP contribution in [0, 0.1) is 0 Å². The van der Waals surface area contributed by atoms with Crippen LogP contribution in [0.4, 0.5) is 13.2 Å². The zero-order valence-corrected chi connectivity index (χ0v) is 14.3. The largest absolute Gasteiger partial charge is 0.433 e. The van der Waals surface area contributed by atoms with Crippen LogP contribution < -0.4 is 0 Å². The number of aromatic nitrogens is 1. The smallest absolute Gasteiger partial charge is 0.342 e. The number of rotatable bonds is 3. The van der Waals surface area contributed by atoms with Crippen LogP contribution in [0.15, 0.2) is 18.3 Å². The summed E-state index contributed by atoms with van der Waals surface area (Å²) in [6.07, 6.45) is -1.45. The Morgan fingerprint density at radius 3 is 2.15 bits per heavy atom. The fourth-order valence-electron chi connectivity index (χ4n) is 3.24. The lowest BCUT2D eigenvalue weighted by atomic mass is 10.2. The average molecular weight is 370 g/mol. The van der Waals surface area contributed by atoms with Crippen molar-refractivity contribution < 1.29 is 22.8 Å². The molecule has 0 radical (unpaired) electrons. The number of piperazine rings is 1. The van der Waals surface area contributed by atoms with E-state index in [2.05, 4.69) is 4.98 Å². The van der Waals surface area contributed by atoms with Gasteiger partial charge in [-0.25, -0.2) is 0 Å². The summed E-state index contributed by atoms with van der Waals surface area (Å²) < 4.78 is 37.6. The van der Waals surface area contributed by atoms with E-state index in [0.29, 0.717) is 32.7 Å². The van der Waals surface area contributed by atoms with Crippen molar-refractivity contribution in [1.82, 2.24) is 19.7 Å². The van der Waals surface area contributed by atoms with Gasteiger partial charge in [-0.05, 0) is 25.0 Å². The highest BCUT2D eigenvalue weighted by Crippen LogP contribution is 2.27. The molecule has 6 nitrogen and oxygen atoms in total. The number of hydrogen-bond acceptors (Lipinski definition) is 4. The first kappa shape index (κ1) is 18.6. The summed E-state index contributed by atoms with van der Waals surface area (Å²) in [7, 11) is 0. The highest BCUT2D eigenvalue weighted by molar-refractivity contribution is 5.94. The molecule has 0 spiro atoms. The molecule has 0 N–H and O–H groups in total. The summed E-state index contributed by atoms with van der Waals surface area (Å²) in [5, 5.41) is 0. The van der Waals surface area contributed by atoms with Gasteiger partial charge in [0.2, 0.25) is 5.91 Å². The fraction of sp³-hybridized carbons (Fsp3) is 0.588. The van der Waals surface area contributed by atoms with E-state index >= 15 is 0 Å². The molecule has 9 heteroatoms. The first-order valence-corrected chi connectivity index (χ1v) is 8.67. The summed E-state index contributed by atoms with van der Waals surface area (Å²) in [4.78, 5) is 33.4. The third-order valence-electron chi connectivity index (χ3n) is 4.78. The highest BCUT2D eigenvalue weighted by atomic mass is 19.4. The van der Waals surface area contributed by atoms with Crippen LogP contribution in [0.1, 0.15) is 28.9 Å². The summed E-state index contributed by atoms with van der Waals surface area (Å²) in [6, 6.07) is 1.97. The van der Waals surface area contributed by atoms with Crippen molar-refractivity contribution in [2.75, 3.05) is 45.8 Å². The Hall–Kier alpha value is -2.16. The third-order valence-corrected chi connectivity index (χ3v) is 4.78. The maximum atomic E-state index is 12.5. The van der Waals surface area contributed by atoms with Gasteiger partial charge in [-0.15, -0.1) is 0 Å². The number of carbonyl (C=O) groups is 2. The van der Waals surface area contributed by atoms with Gasteiger partial charge in [0.15, 0.2) is 0 Å². The lowest BCUT2D eigenvalue weighted by Crippen LogP contribution is -2.51. The summed E-state index contributed by atoms with van der Waals surface area (Å²) in [5.74, 6) is -0.217. The lowest BCUT2D eigenvalue weighted by molar-refractivity contribution is -0.141. The zero-order valence-electron chi connectivity index (χ0n) is 14.3. The SMILES string of the molecule is O=C(CN1CCN(C(=O)c2ccc(C(F)(F)F)nc2)CC1)N1CCCC1. The predicted molar refractivity (Wildman–Crippen MR) is 87.4 cm³/mol. The van der Waals surface area contributed by atoms with Crippen LogP contribution in [0.5, 0.6) is 0 Å². The van der Waals surface area contributed by atoms with Crippen molar-refractivity contribution in [3.05, 3.63) is 29.6 Å². The molecule has 0 aliphatic carbocycles. The van der Waals surface area contributed by atoms with Crippen molar-refractivity contribution in [2.45, 2.75) is 19.0 Å². The van der Waals surface area contributed by atoms with Crippen molar-refractivity contribution in [2.24, 2.45) is 0 Å². The average Bonchev–Trinajstić information content (AvgIpc) is 3.16. The summed E-state index contributed by atoms with van der Waals surface area (Å²) in [5.41, 5.74) is -0.876. The minimum absolute atomic E-state index is 0.120. The minimum Gasteiger partial charge on any atom is -0.342 e. The van der Waals surface area contributed by atoms with Crippen molar-refractivity contribution in [1.29, 1.82) is 0 Å². The van der Waals surface area contributed by atoms with E-state index in [4.69, 9.17) is 0 Å². The maximum Gasteiger partial charge on any atom is 0.433 e. The molecule has 3 rings (SSSR count). The molecule has 0 unspecified atom stereocenters. The predicted octanol–water partition coefficient (Wildman–Crippen LogP) is 1.48. The van der Waals surface area contributed by atoms with Gasteiger partial charge in [0, 0.05) is 45.5 Å². The molecule has 1 aromatic rings. The van der Waals surface area contributed by atoms with Gasteiger partial charge in [0.1, 0.15) is 5.69 Å². The van der Waals surface area contributed by atoms with Crippen LogP contribution in [0.3, 0.4) is 0 Å². The summed E-state index contributed by atoms with van der Waals surface area (Å²) >= 11 is 0. The lowest BCUT2D eigenvalue weighted by Gasteiger charge is -2.35. The number of likely N-dealkylation sites (tertiary alicyclic amines) is 1. The Balaban J connectivity index is 1.51. The molecule has 2 fully saturated rings. The fourth-order valence-corrected chi connectivity index (χ4v) is 3.24. The topological polar surface area (TPSA) is 56.8 Å². The molecule has 3 heterocycles. The minimum atomic E-state index is -4.52. The second-order valence-electron chi connectivity index (χ2n) is 6.59. The van der Waals surface area contributed by atoms with E-state index < -0.39 is 11.9 Å². The zero-order chi connectivity index (χ0) is 18.7. The molecule has 26 heavy (non-hydrogen) atoms. The Morgan fingerprint density at radius 1 is 0.962 bits per heavy atom. The Morgan fingerprint density at radius 2 is 1.62 bits per heavy atom. The Bertz CT molecular complexity index is 649. The molecule has 0 bridgehead atoms. The van der Waals surface area contributed by atoms with E-state index in [1.54, 1.807) is 4.90 Å². The van der Waals surface area contributed by atoms with Gasteiger partial charge >= 0.3 is 6.18 Å². The number of carbonyl (C=O) groups excluding carboxylic acids is 2. The highest BCUT2D eigenvalue weighted by Gasteiger charge is 2.32. The van der Waals surface area contributed by atoms with Gasteiger partial charge in [-0.3, -0.25) is 19.5 Å². The number of pyridine rings is 1. The van der Waals surface area contributed by atoms with Gasteiger partial charge < -0.3 is 9.80 Å². The molecular formula is C17H21F3N4O2. The quantitative estimate of drug-likeness (QED) is 0.809. The van der Waals surface area contributed by atoms with E-state index in [1.807, 2.05) is 9.80 Å². The second-order valence-corrected chi connectivity index (χ2v) is 6.59. The molecule has 142 valence electrons. The van der Waals surface area contributed by atoms with E-state index in [-0.39, 0.29) is 17.4 Å². The molecule has 0 atom stereocenters. The molecule has 2 saturated heterocycles. The van der Waals surface area contributed by atoms with Crippen LogP contribution in [0.2, 0.25) is 0 Å². The number of hydrogen-bond donors (Lipinski definition) is 0. The van der Waals surface area contributed by atoms with Crippen LogP contribution >= 0.6 is 0 Å². The first-order chi connectivity index (χ1) is 12.3. The number of amides is 2. The van der Waals surface area contributed by atoms with Crippen molar-refractivity contribution in [3.63, 3.8) is 0 Å². The Labute approximate surface area is 149 Å². The number of alkyl halides is 3. The molecule has 0 aromatic carbocycles. The van der Waals surface area contributed by atoms with E-state index in [9.17, 15) is 22.8 Å². The van der Waals surface area contributed by atoms with E-state index in [0.717, 1.165) is 44.3 Å². The molecule has 1 aromatic heterocycles. The standard InChI is InChI=1S/C17H21F3N4O2/c18-17(19,20)14-4-3-13(11-21-14)16(26)24-9-7-22(8-10-24)12-15(25)23-5-1-2-6-23/h3-4,11H,1-2,5-10,12H2. The second kappa shape index (κ2) is 7.61. The van der Waals surface area contributed by atoms with Gasteiger partial charge in [0.05, 0.1) is 12.1 Å². The van der Waals surface area contributed by atoms with Gasteiger partial charge in [-0.2, -0.15) is 13.2 Å². The first-order valence-electron chi connectivity index (χ1n) is 8.67.